The van der Waals surface area contributed by atoms with E-state index >= 15 is 0 Å². The van der Waals surface area contributed by atoms with Gasteiger partial charge in [0.25, 0.3) is 5.91 Å². The van der Waals surface area contributed by atoms with E-state index < -0.39 is 36.1 Å². The van der Waals surface area contributed by atoms with Gasteiger partial charge in [-0.2, -0.15) is 0 Å². The fourth-order valence-corrected chi connectivity index (χ4v) is 5.86. The maximum atomic E-state index is 13.7. The van der Waals surface area contributed by atoms with Crippen LogP contribution in [0.5, 0.6) is 0 Å². The van der Waals surface area contributed by atoms with Gasteiger partial charge in [0.05, 0.1) is 6.61 Å². The lowest BCUT2D eigenvalue weighted by atomic mass is 10.1. The van der Waals surface area contributed by atoms with Crippen molar-refractivity contribution in [1.82, 2.24) is 25.1 Å². The van der Waals surface area contributed by atoms with E-state index in [2.05, 4.69) is 15.3 Å². The Bertz CT molecular complexity index is 1440. The quantitative estimate of drug-likeness (QED) is 0.227. The molecular formula is C31H38N6O9. The summed E-state index contributed by atoms with van der Waals surface area (Å²) >= 11 is 0. The topological polar surface area (TPSA) is 192 Å². The van der Waals surface area contributed by atoms with Gasteiger partial charge in [-0.3, -0.25) is 14.4 Å². The van der Waals surface area contributed by atoms with Crippen LogP contribution in [0.3, 0.4) is 0 Å². The number of benzene rings is 1. The number of unbranched alkanes of at least 4 members (excludes halogenated alkanes) is 1. The first-order valence-electron chi connectivity index (χ1n) is 15.5. The third-order valence-corrected chi connectivity index (χ3v) is 8.48. The molecule has 0 radical (unpaired) electrons. The first kappa shape index (κ1) is 32.4. The van der Waals surface area contributed by atoms with E-state index in [9.17, 15) is 29.1 Å². The zero-order valence-corrected chi connectivity index (χ0v) is 25.5. The zero-order chi connectivity index (χ0) is 32.8. The molecule has 3 fully saturated rings. The predicted molar refractivity (Wildman–Crippen MR) is 162 cm³/mol. The van der Waals surface area contributed by atoms with E-state index in [1.807, 2.05) is 30.0 Å². The van der Waals surface area contributed by atoms with Crippen molar-refractivity contribution in [2.45, 2.75) is 44.8 Å². The summed E-state index contributed by atoms with van der Waals surface area (Å²) in [5.74, 6) is -1.41. The van der Waals surface area contributed by atoms with Crippen LogP contribution in [0.25, 0.3) is 11.4 Å². The number of aromatic nitrogens is 2. The molecule has 3 amide bonds. The number of carboxylic acids is 1. The second-order valence-electron chi connectivity index (χ2n) is 11.6. The summed E-state index contributed by atoms with van der Waals surface area (Å²) in [5, 5.41) is 21.0. The van der Waals surface area contributed by atoms with Gasteiger partial charge >= 0.3 is 18.2 Å². The van der Waals surface area contributed by atoms with Crippen LogP contribution in [0.1, 0.15) is 43.1 Å². The normalized spacial score (nSPS) is 20.8. The Morgan fingerprint density at radius 3 is 2.28 bits per heavy atom. The number of fused-ring (bicyclic) bond motifs is 1. The number of carbonyl (C=O) groups is 5. The molecule has 0 bridgehead atoms. The van der Waals surface area contributed by atoms with Crippen molar-refractivity contribution < 1.29 is 43.7 Å². The molecule has 1 aliphatic carbocycles. The number of carboxylic acid groups (broad SMARTS) is 2. The summed E-state index contributed by atoms with van der Waals surface area (Å²) in [6.45, 7) is 4.23. The molecule has 0 spiro atoms. The molecule has 2 aliphatic heterocycles. The van der Waals surface area contributed by atoms with Crippen LogP contribution in [-0.4, -0.2) is 118 Å². The van der Waals surface area contributed by atoms with Gasteiger partial charge < -0.3 is 39.7 Å². The first-order chi connectivity index (χ1) is 22.1. The zero-order valence-electron chi connectivity index (χ0n) is 25.5. The van der Waals surface area contributed by atoms with Crippen LogP contribution in [0.15, 0.2) is 36.4 Å². The van der Waals surface area contributed by atoms with Crippen molar-refractivity contribution in [3.05, 3.63) is 42.1 Å². The summed E-state index contributed by atoms with van der Waals surface area (Å²) in [6.07, 6.45) is -0.933. The highest BCUT2D eigenvalue weighted by Crippen LogP contribution is 2.48. The molecule has 246 valence electrons. The Labute approximate surface area is 265 Å². The van der Waals surface area contributed by atoms with Gasteiger partial charge in [0.1, 0.15) is 23.7 Å². The summed E-state index contributed by atoms with van der Waals surface area (Å²) in [4.78, 5) is 76.1. The number of piperidine rings is 1. The summed E-state index contributed by atoms with van der Waals surface area (Å²) in [7, 11) is 0. The average Bonchev–Trinajstić information content (AvgIpc) is 3.46. The van der Waals surface area contributed by atoms with Crippen LogP contribution < -0.4 is 10.2 Å². The SMILES string of the molecule is CCCCOC(=O)N1CCN(C(=O)[C@H](CCC(=O)O)NC(=O)c2cc(N3C[C@@H]4C(OC(=O)O)[C@@H]4C3)nc(-c3ccccc3)n2)CC1. The van der Waals surface area contributed by atoms with E-state index in [1.165, 1.54) is 15.9 Å². The molecule has 3 heterocycles. The molecule has 2 saturated heterocycles. The van der Waals surface area contributed by atoms with Crippen LogP contribution in [0.4, 0.5) is 15.4 Å². The van der Waals surface area contributed by atoms with Gasteiger partial charge in [-0.1, -0.05) is 43.7 Å². The monoisotopic (exact) mass is 638 g/mol. The maximum Gasteiger partial charge on any atom is 0.506 e. The highest BCUT2D eigenvalue weighted by Gasteiger charge is 2.59. The molecule has 1 aromatic heterocycles. The number of anilines is 1. The lowest BCUT2D eigenvalue weighted by molar-refractivity contribution is -0.138. The lowest BCUT2D eigenvalue weighted by Crippen LogP contribution is -2.56. The van der Waals surface area contributed by atoms with Crippen LogP contribution >= 0.6 is 0 Å². The Morgan fingerprint density at radius 1 is 0.978 bits per heavy atom. The Hall–Kier alpha value is -4.95. The van der Waals surface area contributed by atoms with E-state index in [-0.39, 0.29) is 68.5 Å². The predicted octanol–water partition coefficient (Wildman–Crippen LogP) is 2.32. The molecule has 2 aromatic rings. The molecule has 15 nitrogen and oxygen atoms in total. The molecular weight excluding hydrogens is 600 g/mol. The third kappa shape index (κ3) is 7.82. The first-order valence-corrected chi connectivity index (χ1v) is 15.5. The van der Waals surface area contributed by atoms with Crippen molar-refractivity contribution >= 4 is 35.9 Å². The standard InChI is InChI=1S/C31H38N6O9/c1-2-3-15-45-30(42)36-13-11-35(12-14-36)29(41)22(9-10-25(38)39)33-28(40)23-16-24(34-27(32-23)19-7-5-4-6-8-19)37-17-20-21(18-37)26(20)46-31(43)44/h4-8,16,20-22,26H,2-3,9-15,17-18H2,1H3,(H,33,40)(H,38,39)(H,43,44)/t20-,21+,22-,26?/m0/s1. The number of aliphatic carboxylic acids is 1. The third-order valence-electron chi connectivity index (χ3n) is 8.48. The molecule has 15 heteroatoms. The fourth-order valence-electron chi connectivity index (χ4n) is 5.86. The average molecular weight is 639 g/mol. The molecule has 1 saturated carbocycles. The highest BCUT2D eigenvalue weighted by molar-refractivity contribution is 5.97. The Morgan fingerprint density at radius 2 is 1.65 bits per heavy atom. The minimum absolute atomic E-state index is 0.00414. The van der Waals surface area contributed by atoms with Gasteiger partial charge in [-0.05, 0) is 12.8 Å². The van der Waals surface area contributed by atoms with Crippen molar-refractivity contribution in [3.63, 3.8) is 0 Å². The van der Waals surface area contributed by atoms with E-state index in [4.69, 9.17) is 14.6 Å². The van der Waals surface area contributed by atoms with Gasteiger partial charge in [0.15, 0.2) is 5.82 Å². The Balaban J connectivity index is 1.30. The number of carbonyl (C=O) groups excluding carboxylic acids is 3. The number of hydrogen-bond donors (Lipinski definition) is 3. The molecule has 4 atom stereocenters. The number of piperazine rings is 1. The molecule has 1 unspecified atom stereocenters. The number of hydrogen-bond acceptors (Lipinski definition) is 10. The lowest BCUT2D eigenvalue weighted by Gasteiger charge is -2.36. The van der Waals surface area contributed by atoms with Gasteiger partial charge in [-0.15, -0.1) is 0 Å². The minimum Gasteiger partial charge on any atom is -0.481 e. The van der Waals surface area contributed by atoms with Gasteiger partial charge in [0.2, 0.25) is 5.91 Å². The second kappa shape index (κ2) is 14.4. The second-order valence-corrected chi connectivity index (χ2v) is 11.6. The van der Waals surface area contributed by atoms with Crippen LogP contribution in [-0.2, 0) is 19.1 Å². The molecule has 3 aliphatic rings. The maximum absolute atomic E-state index is 13.7. The minimum atomic E-state index is -1.31. The van der Waals surface area contributed by atoms with Crippen LogP contribution in [0.2, 0.25) is 0 Å². The van der Waals surface area contributed by atoms with E-state index in [0.717, 1.165) is 12.8 Å². The number of amides is 3. The number of nitrogens with one attached hydrogen (secondary N) is 1. The summed E-state index contributed by atoms with van der Waals surface area (Å²) in [6, 6.07) is 9.45. The fraction of sp³-hybridized carbons (Fsp3) is 0.516. The summed E-state index contributed by atoms with van der Waals surface area (Å²) in [5.41, 5.74) is 0.662. The van der Waals surface area contributed by atoms with Crippen LogP contribution in [0, 0.1) is 11.8 Å². The van der Waals surface area contributed by atoms with Crippen molar-refractivity contribution in [3.8, 4) is 11.4 Å². The van der Waals surface area contributed by atoms with Crippen molar-refractivity contribution in [2.75, 3.05) is 50.8 Å². The smallest absolute Gasteiger partial charge is 0.481 e. The summed E-state index contributed by atoms with van der Waals surface area (Å²) < 4.78 is 10.2. The van der Waals surface area contributed by atoms with Crippen molar-refractivity contribution in [1.29, 1.82) is 0 Å². The van der Waals surface area contributed by atoms with Crippen molar-refractivity contribution in [2.24, 2.45) is 11.8 Å². The van der Waals surface area contributed by atoms with Gasteiger partial charge in [-0.25, -0.2) is 19.6 Å². The molecule has 46 heavy (non-hydrogen) atoms. The highest BCUT2D eigenvalue weighted by atomic mass is 16.7. The van der Waals surface area contributed by atoms with Gasteiger partial charge in [0, 0.05) is 69.2 Å². The number of ether oxygens (including phenoxy) is 2. The van der Waals surface area contributed by atoms with E-state index in [1.54, 1.807) is 12.1 Å². The molecule has 5 rings (SSSR count). The van der Waals surface area contributed by atoms with E-state index in [0.29, 0.717) is 31.1 Å². The molecule has 3 N–H and O–H groups in total. The number of nitrogens with zero attached hydrogens (tertiary/aromatic N) is 5. The largest absolute Gasteiger partial charge is 0.506 e. The Kier molecular flexibility index (Phi) is 10.2. The number of rotatable bonds is 12. The molecule has 1 aromatic carbocycles.